The van der Waals surface area contributed by atoms with Gasteiger partial charge in [-0.25, -0.2) is 0 Å². The Morgan fingerprint density at radius 3 is 2.42 bits per heavy atom. The van der Waals surface area contributed by atoms with Gasteiger partial charge in [0.1, 0.15) is 12.4 Å². The van der Waals surface area contributed by atoms with Crippen molar-refractivity contribution in [3.05, 3.63) is 59.2 Å². The minimum absolute atomic E-state index is 0.263. The summed E-state index contributed by atoms with van der Waals surface area (Å²) in [5.41, 5.74) is 3.51. The lowest BCUT2D eigenvalue weighted by Crippen LogP contribution is -1.98. The number of ether oxygens (including phenoxy) is 1. The van der Waals surface area contributed by atoms with Crippen molar-refractivity contribution in [3.63, 3.8) is 0 Å². The number of hydrogen-bond acceptors (Lipinski definition) is 3. The Balaban J connectivity index is 2.06. The summed E-state index contributed by atoms with van der Waals surface area (Å²) < 4.78 is 27.1. The second-order valence-corrected chi connectivity index (χ2v) is 5.37. The van der Waals surface area contributed by atoms with Crippen LogP contribution in [0, 0.1) is 13.8 Å². The number of benzene rings is 2. The molecule has 2 aromatic rings. The Kier molecular flexibility index (Phi) is 4.35. The maximum atomic E-state index is 10.7. The Labute approximate surface area is 115 Å². The van der Waals surface area contributed by atoms with Crippen molar-refractivity contribution in [2.24, 2.45) is 0 Å². The fraction of sp³-hybridized carbons (Fsp3) is 0.200. The lowest BCUT2D eigenvalue weighted by molar-refractivity contribution is 0.305. The molecule has 0 aliphatic carbocycles. The maximum Gasteiger partial charge on any atom is 0.119 e. The van der Waals surface area contributed by atoms with Crippen LogP contribution in [0.4, 0.5) is 0 Å². The van der Waals surface area contributed by atoms with Crippen LogP contribution in [-0.2, 0) is 17.7 Å². The minimum atomic E-state index is -2.19. The predicted octanol–water partition coefficient (Wildman–Crippen LogP) is 3.12. The summed E-state index contributed by atoms with van der Waals surface area (Å²) in [5, 5.41) is 0. The van der Waals surface area contributed by atoms with Gasteiger partial charge in [-0.2, -0.15) is 0 Å². The predicted molar refractivity (Wildman–Crippen MR) is 73.9 cm³/mol. The van der Waals surface area contributed by atoms with Gasteiger partial charge in [0, 0.05) is 4.90 Å². The Bertz CT molecular complexity index is 591. The van der Waals surface area contributed by atoms with Crippen LogP contribution in [0.5, 0.6) is 5.75 Å². The van der Waals surface area contributed by atoms with Crippen molar-refractivity contribution in [1.29, 1.82) is 0 Å². The third kappa shape index (κ3) is 3.66. The van der Waals surface area contributed by atoms with Crippen molar-refractivity contribution in [1.82, 2.24) is 0 Å². The standard InChI is InChI=1S/C15H16O3S/c1-11-3-4-12(2)13(9-11)10-18-14-5-7-15(8-6-14)19(16)17/h3-9H,10H2,1-2H3,(H,16,17)/p-1. The van der Waals surface area contributed by atoms with Crippen molar-refractivity contribution in [2.45, 2.75) is 25.3 Å². The molecule has 1 atom stereocenters. The van der Waals surface area contributed by atoms with Crippen molar-refractivity contribution in [2.75, 3.05) is 0 Å². The first-order valence-corrected chi connectivity index (χ1v) is 7.02. The Morgan fingerprint density at radius 2 is 1.79 bits per heavy atom. The zero-order valence-corrected chi connectivity index (χ0v) is 11.7. The first-order valence-electron chi connectivity index (χ1n) is 5.94. The SMILES string of the molecule is Cc1ccc(C)c(COc2ccc(S(=O)[O-])cc2)c1. The smallest absolute Gasteiger partial charge is 0.119 e. The van der Waals surface area contributed by atoms with Crippen LogP contribution in [0.15, 0.2) is 47.4 Å². The van der Waals surface area contributed by atoms with E-state index in [1.165, 1.54) is 23.3 Å². The molecule has 0 saturated heterocycles. The number of rotatable bonds is 4. The molecule has 0 heterocycles. The second-order valence-electron chi connectivity index (χ2n) is 4.42. The number of aryl methyl sites for hydroxylation is 2. The summed E-state index contributed by atoms with van der Waals surface area (Å²) in [6, 6.07) is 12.6. The largest absolute Gasteiger partial charge is 0.768 e. The maximum absolute atomic E-state index is 10.7. The van der Waals surface area contributed by atoms with Crippen LogP contribution < -0.4 is 4.74 Å². The van der Waals surface area contributed by atoms with Gasteiger partial charge in [0.15, 0.2) is 0 Å². The minimum Gasteiger partial charge on any atom is -0.768 e. The summed E-state index contributed by atoms with van der Waals surface area (Å²) in [5.74, 6) is 0.662. The fourth-order valence-electron chi connectivity index (χ4n) is 1.76. The molecule has 2 rings (SSSR count). The van der Waals surface area contributed by atoms with Gasteiger partial charge in [-0.3, -0.25) is 4.21 Å². The van der Waals surface area contributed by atoms with Crippen molar-refractivity contribution < 1.29 is 13.5 Å². The molecule has 0 aromatic heterocycles. The third-order valence-electron chi connectivity index (χ3n) is 2.92. The molecule has 0 spiro atoms. The van der Waals surface area contributed by atoms with E-state index in [0.29, 0.717) is 12.4 Å². The van der Waals surface area contributed by atoms with E-state index in [2.05, 4.69) is 18.2 Å². The normalized spacial score (nSPS) is 12.2. The molecule has 1 unspecified atom stereocenters. The van der Waals surface area contributed by atoms with E-state index in [0.717, 1.165) is 5.56 Å². The third-order valence-corrected chi connectivity index (χ3v) is 3.57. The lowest BCUT2D eigenvalue weighted by Gasteiger charge is -2.11. The van der Waals surface area contributed by atoms with Gasteiger partial charge in [0.05, 0.1) is 0 Å². The summed E-state index contributed by atoms with van der Waals surface area (Å²) >= 11 is -2.19. The van der Waals surface area contributed by atoms with Crippen molar-refractivity contribution >= 4 is 11.1 Å². The lowest BCUT2D eigenvalue weighted by atomic mass is 10.1. The Hall–Kier alpha value is -1.65. The van der Waals surface area contributed by atoms with Crippen LogP contribution in [0.3, 0.4) is 0 Å². The molecule has 0 bridgehead atoms. The fourth-order valence-corrected chi connectivity index (χ4v) is 2.12. The average Bonchev–Trinajstić information content (AvgIpc) is 2.40. The summed E-state index contributed by atoms with van der Waals surface area (Å²) in [4.78, 5) is 0.263. The topological polar surface area (TPSA) is 49.4 Å². The monoisotopic (exact) mass is 275 g/mol. The van der Waals surface area contributed by atoms with Gasteiger partial charge in [-0.1, -0.05) is 23.8 Å². The molecule has 0 radical (unpaired) electrons. The van der Waals surface area contributed by atoms with Gasteiger partial charge in [-0.05, 0) is 60.3 Å². The number of hydrogen-bond donors (Lipinski definition) is 0. The molecular formula is C15H15O3S-. The van der Waals surface area contributed by atoms with Gasteiger partial charge in [-0.15, -0.1) is 0 Å². The molecule has 0 N–H and O–H groups in total. The van der Waals surface area contributed by atoms with Crippen LogP contribution >= 0.6 is 0 Å². The molecule has 3 nitrogen and oxygen atoms in total. The van der Waals surface area contributed by atoms with Crippen LogP contribution in [0.2, 0.25) is 0 Å². The van der Waals surface area contributed by atoms with Crippen LogP contribution in [0.1, 0.15) is 16.7 Å². The highest BCUT2D eigenvalue weighted by molar-refractivity contribution is 7.79. The molecule has 100 valence electrons. The van der Waals surface area contributed by atoms with Gasteiger partial charge in [0.25, 0.3) is 0 Å². The van der Waals surface area contributed by atoms with E-state index < -0.39 is 11.1 Å². The zero-order valence-electron chi connectivity index (χ0n) is 10.9. The molecule has 0 aliphatic heterocycles. The van der Waals surface area contributed by atoms with Gasteiger partial charge < -0.3 is 9.29 Å². The van der Waals surface area contributed by atoms with Crippen LogP contribution in [0.25, 0.3) is 0 Å². The molecule has 0 amide bonds. The van der Waals surface area contributed by atoms with E-state index in [-0.39, 0.29) is 4.90 Å². The van der Waals surface area contributed by atoms with E-state index >= 15 is 0 Å². The van der Waals surface area contributed by atoms with E-state index in [9.17, 15) is 8.76 Å². The molecule has 0 fully saturated rings. The molecule has 0 aliphatic rings. The van der Waals surface area contributed by atoms with Gasteiger partial charge >= 0.3 is 0 Å². The van der Waals surface area contributed by atoms with E-state index in [4.69, 9.17) is 4.74 Å². The summed E-state index contributed by atoms with van der Waals surface area (Å²) in [7, 11) is 0. The average molecular weight is 275 g/mol. The van der Waals surface area contributed by atoms with E-state index in [1.807, 2.05) is 13.8 Å². The Morgan fingerprint density at radius 1 is 1.11 bits per heavy atom. The quantitative estimate of drug-likeness (QED) is 0.805. The summed E-state index contributed by atoms with van der Waals surface area (Å²) in [6.45, 7) is 4.57. The van der Waals surface area contributed by atoms with Crippen molar-refractivity contribution in [3.8, 4) is 5.75 Å². The zero-order chi connectivity index (χ0) is 13.8. The first-order chi connectivity index (χ1) is 9.06. The molecule has 2 aromatic carbocycles. The molecule has 0 saturated carbocycles. The second kappa shape index (κ2) is 5.99. The highest BCUT2D eigenvalue weighted by Gasteiger charge is 2.01. The molecular weight excluding hydrogens is 260 g/mol. The molecule has 4 heteroatoms. The first kappa shape index (κ1) is 13.8. The van der Waals surface area contributed by atoms with Crippen LogP contribution in [-0.4, -0.2) is 8.76 Å². The van der Waals surface area contributed by atoms with Gasteiger partial charge in [0.2, 0.25) is 0 Å². The molecule has 19 heavy (non-hydrogen) atoms. The van der Waals surface area contributed by atoms with E-state index in [1.54, 1.807) is 12.1 Å². The highest BCUT2D eigenvalue weighted by atomic mass is 32.2. The highest BCUT2D eigenvalue weighted by Crippen LogP contribution is 2.17. The summed E-state index contributed by atoms with van der Waals surface area (Å²) in [6.07, 6.45) is 0.